The van der Waals surface area contributed by atoms with E-state index in [1.54, 1.807) is 0 Å². The first-order valence-electron chi connectivity index (χ1n) is 14.4. The number of nitrogens with one attached hydrogen (secondary N) is 1. The number of aryl methyl sites for hydroxylation is 1. The largest absolute Gasteiger partial charge is 0.494 e. The second-order valence-electron chi connectivity index (χ2n) is 10.9. The van der Waals surface area contributed by atoms with Gasteiger partial charge in [-0.2, -0.15) is 0 Å². The quantitative estimate of drug-likeness (QED) is 0.142. The summed E-state index contributed by atoms with van der Waals surface area (Å²) in [4.78, 5) is 37.4. The van der Waals surface area contributed by atoms with E-state index in [4.69, 9.17) is 11.2 Å². The van der Waals surface area contributed by atoms with Gasteiger partial charge >= 0.3 is 5.97 Å². The van der Waals surface area contributed by atoms with Crippen molar-refractivity contribution in [1.29, 1.82) is 0 Å². The minimum absolute atomic E-state index is 0.0824. The summed E-state index contributed by atoms with van der Waals surface area (Å²) in [5, 5.41) is 14.1. The van der Waals surface area contributed by atoms with E-state index in [1.165, 1.54) is 33.8 Å². The van der Waals surface area contributed by atoms with Crippen molar-refractivity contribution >= 4 is 55.0 Å². The van der Waals surface area contributed by atoms with Crippen molar-refractivity contribution in [2.24, 2.45) is 0 Å². The van der Waals surface area contributed by atoms with Crippen LogP contribution in [0.5, 0.6) is 5.75 Å². The number of hydrogen-bond donors (Lipinski definition) is 2. The van der Waals surface area contributed by atoms with Gasteiger partial charge in [-0.15, -0.1) is 17.8 Å². The van der Waals surface area contributed by atoms with Gasteiger partial charge in [-0.25, -0.2) is 14.8 Å². The van der Waals surface area contributed by atoms with Crippen LogP contribution in [0.25, 0.3) is 10.2 Å². The number of nitrogens with zero attached hydrogens (tertiary/aromatic N) is 3. The fraction of sp³-hybridized carbons (Fsp3) is 0.235. The summed E-state index contributed by atoms with van der Waals surface area (Å²) in [5.74, 6) is 2.55. The van der Waals surface area contributed by atoms with E-state index in [2.05, 4.69) is 26.1 Å². The minimum Gasteiger partial charge on any atom is -0.494 e. The van der Waals surface area contributed by atoms with Gasteiger partial charge in [0.15, 0.2) is 16.0 Å². The maximum Gasteiger partial charge on any atom is 0.355 e. The Morgan fingerprint density at radius 3 is 2.80 bits per heavy atom. The molecule has 2 aliphatic rings. The Balaban J connectivity index is 1.03. The molecule has 1 aliphatic heterocycles. The van der Waals surface area contributed by atoms with Crippen LogP contribution in [0, 0.1) is 12.3 Å². The molecule has 0 saturated carbocycles. The molecule has 0 saturated heterocycles. The zero-order valence-corrected chi connectivity index (χ0v) is 25.3. The van der Waals surface area contributed by atoms with Gasteiger partial charge in [0, 0.05) is 29.4 Å². The molecule has 0 bridgehead atoms. The van der Waals surface area contributed by atoms with Crippen molar-refractivity contribution in [2.45, 2.75) is 38.1 Å². The average Bonchev–Trinajstić information content (AvgIpc) is 3.64. The van der Waals surface area contributed by atoms with E-state index in [1.807, 2.05) is 60.7 Å². The second kappa shape index (κ2) is 11.8. The number of aromatic nitrogens is 2. The van der Waals surface area contributed by atoms with Gasteiger partial charge in [0.1, 0.15) is 5.75 Å². The number of rotatable bonds is 9. The average molecular weight is 621 g/mol. The Morgan fingerprint density at radius 1 is 1.09 bits per heavy atom. The molecule has 7 rings (SSSR count). The first-order valence-corrected chi connectivity index (χ1v) is 16.1. The SMILES string of the molecule is C#CC1Cc2cc(OCCCc3sc(N4CCc5cccc(C(=O)Nc6nc7ccccc7s6)c5C4)nc3C(=O)O)ccc21. The molecule has 220 valence electrons. The molecule has 0 fully saturated rings. The lowest BCUT2D eigenvalue weighted by Gasteiger charge is -2.29. The van der Waals surface area contributed by atoms with Crippen LogP contribution in [0.2, 0.25) is 0 Å². The number of carboxylic acids is 1. The minimum atomic E-state index is -1.04. The summed E-state index contributed by atoms with van der Waals surface area (Å²) in [7, 11) is 0. The summed E-state index contributed by atoms with van der Waals surface area (Å²) in [6, 6.07) is 19.6. The van der Waals surface area contributed by atoms with E-state index in [0.29, 0.717) is 48.4 Å². The Morgan fingerprint density at radius 2 is 1.98 bits per heavy atom. The summed E-state index contributed by atoms with van der Waals surface area (Å²) in [6.45, 7) is 1.62. The zero-order chi connectivity index (χ0) is 30.2. The number of terminal acetylenes is 1. The Hall–Kier alpha value is -4.72. The maximum atomic E-state index is 13.4. The van der Waals surface area contributed by atoms with E-state index in [-0.39, 0.29) is 17.5 Å². The first kappa shape index (κ1) is 28.1. The second-order valence-corrected chi connectivity index (χ2v) is 13.0. The zero-order valence-electron chi connectivity index (χ0n) is 23.7. The van der Waals surface area contributed by atoms with Crippen molar-refractivity contribution in [3.63, 3.8) is 0 Å². The number of benzene rings is 3. The summed E-state index contributed by atoms with van der Waals surface area (Å²) in [5.41, 5.74) is 5.97. The molecule has 2 N–H and O–H groups in total. The Kier molecular flexibility index (Phi) is 7.50. The maximum absolute atomic E-state index is 13.4. The van der Waals surface area contributed by atoms with E-state index in [0.717, 1.165) is 44.8 Å². The fourth-order valence-corrected chi connectivity index (χ4v) is 7.80. The number of aromatic carboxylic acids is 1. The topological polar surface area (TPSA) is 105 Å². The smallest absolute Gasteiger partial charge is 0.355 e. The molecule has 1 aliphatic carbocycles. The van der Waals surface area contributed by atoms with Crippen LogP contribution in [0.3, 0.4) is 0 Å². The van der Waals surface area contributed by atoms with Gasteiger partial charge in [0.05, 0.1) is 16.8 Å². The summed E-state index contributed by atoms with van der Waals surface area (Å²) >= 11 is 2.84. The highest BCUT2D eigenvalue weighted by Gasteiger charge is 2.27. The number of carboxylic acid groups (broad SMARTS) is 1. The van der Waals surface area contributed by atoms with Crippen LogP contribution in [0.4, 0.5) is 10.3 Å². The predicted molar refractivity (Wildman–Crippen MR) is 173 cm³/mol. The summed E-state index contributed by atoms with van der Waals surface area (Å²) < 4.78 is 6.97. The number of carbonyl (C=O) groups is 2. The molecule has 3 heterocycles. The molecule has 10 heteroatoms. The normalized spacial score (nSPS) is 15.2. The number of amides is 1. The fourth-order valence-electron chi connectivity index (χ4n) is 5.82. The molecule has 2 aromatic heterocycles. The van der Waals surface area contributed by atoms with Crippen LogP contribution < -0.4 is 15.0 Å². The monoisotopic (exact) mass is 620 g/mol. The molecule has 3 aromatic carbocycles. The molecule has 5 aromatic rings. The van der Waals surface area contributed by atoms with Crippen molar-refractivity contribution in [2.75, 3.05) is 23.4 Å². The predicted octanol–water partition coefficient (Wildman–Crippen LogP) is 6.55. The Bertz CT molecular complexity index is 1920. The lowest BCUT2D eigenvalue weighted by molar-refractivity contribution is 0.0690. The highest BCUT2D eigenvalue weighted by Crippen LogP contribution is 2.37. The lowest BCUT2D eigenvalue weighted by Crippen LogP contribution is -2.32. The molecule has 1 unspecified atom stereocenters. The van der Waals surface area contributed by atoms with Crippen molar-refractivity contribution in [3.05, 3.63) is 99.1 Å². The van der Waals surface area contributed by atoms with Gasteiger partial charge in [-0.05, 0) is 78.3 Å². The molecular weight excluding hydrogens is 593 g/mol. The van der Waals surface area contributed by atoms with Crippen LogP contribution in [0.1, 0.15) is 60.3 Å². The lowest BCUT2D eigenvalue weighted by atomic mass is 9.78. The number of carbonyl (C=O) groups excluding carboxylic acids is 1. The van der Waals surface area contributed by atoms with Crippen molar-refractivity contribution in [3.8, 4) is 18.1 Å². The number of thiazole rings is 2. The summed E-state index contributed by atoms with van der Waals surface area (Å²) in [6.07, 6.45) is 8.36. The number of fused-ring (bicyclic) bond motifs is 3. The standard InChI is InChI=1S/C34H28N4O4S2/c1-2-20-17-22-18-23(12-13-24(20)22)42-16-6-11-29-30(32(40)41)36-34(44-29)38-15-14-21-7-5-8-25(26(21)19-38)31(39)37-33-35-27-9-3-4-10-28(27)43-33/h1,3-5,7-10,12-13,18,20H,6,11,14-17,19H2,(H,40,41)(H,35,37,39). The highest BCUT2D eigenvalue weighted by molar-refractivity contribution is 7.22. The van der Waals surface area contributed by atoms with Crippen LogP contribution >= 0.6 is 22.7 Å². The third-order valence-corrected chi connectivity index (χ3v) is 10.3. The molecular formula is C34H28N4O4S2. The molecule has 1 amide bonds. The third kappa shape index (κ3) is 5.41. The highest BCUT2D eigenvalue weighted by atomic mass is 32.1. The van der Waals surface area contributed by atoms with Gasteiger partial charge in [0.2, 0.25) is 0 Å². The number of para-hydroxylation sites is 1. The third-order valence-electron chi connectivity index (χ3n) is 8.12. The van der Waals surface area contributed by atoms with Crippen molar-refractivity contribution in [1.82, 2.24) is 9.97 Å². The number of ether oxygens (including phenoxy) is 1. The van der Waals surface area contributed by atoms with Gasteiger partial charge in [0.25, 0.3) is 5.91 Å². The van der Waals surface area contributed by atoms with Crippen molar-refractivity contribution < 1.29 is 19.4 Å². The molecule has 8 nitrogen and oxygen atoms in total. The first-order chi connectivity index (χ1) is 21.5. The molecule has 1 atom stereocenters. The van der Waals surface area contributed by atoms with E-state index < -0.39 is 5.97 Å². The van der Waals surface area contributed by atoms with E-state index >= 15 is 0 Å². The van der Waals surface area contributed by atoms with Gasteiger partial charge in [-0.1, -0.05) is 47.6 Å². The molecule has 0 radical (unpaired) electrons. The van der Waals surface area contributed by atoms with Gasteiger partial charge in [-0.3, -0.25) is 10.1 Å². The van der Waals surface area contributed by atoms with Gasteiger partial charge < -0.3 is 14.7 Å². The van der Waals surface area contributed by atoms with Crippen LogP contribution in [-0.4, -0.2) is 40.1 Å². The van der Waals surface area contributed by atoms with Crippen LogP contribution in [0.15, 0.2) is 60.7 Å². The van der Waals surface area contributed by atoms with E-state index in [9.17, 15) is 14.7 Å². The van der Waals surface area contributed by atoms with Crippen LogP contribution in [-0.2, 0) is 25.8 Å². The molecule has 44 heavy (non-hydrogen) atoms. The molecule has 0 spiro atoms. The Labute approximate surface area is 262 Å². The number of anilines is 2. The number of hydrogen-bond acceptors (Lipinski definition) is 8.